The third kappa shape index (κ3) is 2.67. The quantitative estimate of drug-likeness (QED) is 0.863. The summed E-state index contributed by atoms with van der Waals surface area (Å²) in [5, 5.41) is 17.0. The van der Waals surface area contributed by atoms with Crippen LogP contribution in [-0.2, 0) is 6.54 Å². The Hall–Kier alpha value is -1.89. The van der Waals surface area contributed by atoms with Gasteiger partial charge in [-0.3, -0.25) is 4.68 Å². The number of anilines is 1. The Kier molecular flexibility index (Phi) is 3.61. The second kappa shape index (κ2) is 5.18. The van der Waals surface area contributed by atoms with E-state index >= 15 is 0 Å². The third-order valence-corrected chi connectivity index (χ3v) is 3.34. The van der Waals surface area contributed by atoms with Crippen molar-refractivity contribution in [3.8, 4) is 0 Å². The van der Waals surface area contributed by atoms with Gasteiger partial charge in [-0.2, -0.15) is 9.47 Å². The zero-order valence-electron chi connectivity index (χ0n) is 10.1. The fourth-order valence-corrected chi connectivity index (χ4v) is 2.58. The Bertz CT molecular complexity index is 535. The van der Waals surface area contributed by atoms with Crippen molar-refractivity contribution in [1.82, 2.24) is 14.2 Å². The van der Waals surface area contributed by atoms with Crippen molar-refractivity contribution in [1.29, 1.82) is 0 Å². The summed E-state index contributed by atoms with van der Waals surface area (Å²) in [5.74, 6) is -0.949. The first-order valence-corrected chi connectivity index (χ1v) is 6.28. The summed E-state index contributed by atoms with van der Waals surface area (Å²) in [4.78, 5) is 11.1. The van der Waals surface area contributed by atoms with E-state index in [-0.39, 0.29) is 11.6 Å². The SMILES string of the molecule is Cc1nsc(NC(C)Cn2cccn2)c1C(=O)O. The van der Waals surface area contributed by atoms with Gasteiger partial charge in [0.25, 0.3) is 0 Å². The number of aromatic carboxylic acids is 1. The minimum absolute atomic E-state index is 0.0721. The number of nitrogens with zero attached hydrogens (tertiary/aromatic N) is 3. The normalized spacial score (nSPS) is 12.3. The number of nitrogens with one attached hydrogen (secondary N) is 1. The monoisotopic (exact) mass is 266 g/mol. The number of aromatic nitrogens is 3. The summed E-state index contributed by atoms with van der Waals surface area (Å²) in [5.41, 5.74) is 0.800. The van der Waals surface area contributed by atoms with Crippen LogP contribution in [0.3, 0.4) is 0 Å². The first-order valence-electron chi connectivity index (χ1n) is 5.51. The van der Waals surface area contributed by atoms with Crippen molar-refractivity contribution in [2.24, 2.45) is 0 Å². The summed E-state index contributed by atoms with van der Waals surface area (Å²) in [7, 11) is 0. The zero-order chi connectivity index (χ0) is 13.1. The second-order valence-corrected chi connectivity index (χ2v) is 4.82. The van der Waals surface area contributed by atoms with Gasteiger partial charge in [-0.05, 0) is 31.4 Å². The molecule has 1 unspecified atom stereocenters. The van der Waals surface area contributed by atoms with Gasteiger partial charge in [0.05, 0.1) is 12.2 Å². The van der Waals surface area contributed by atoms with E-state index in [0.717, 1.165) is 0 Å². The van der Waals surface area contributed by atoms with Crippen molar-refractivity contribution in [2.75, 3.05) is 5.32 Å². The molecule has 0 radical (unpaired) electrons. The highest BCUT2D eigenvalue weighted by atomic mass is 32.1. The molecule has 2 N–H and O–H groups in total. The highest BCUT2D eigenvalue weighted by molar-refractivity contribution is 7.10. The average molecular weight is 266 g/mol. The van der Waals surface area contributed by atoms with Crippen molar-refractivity contribution in [3.63, 3.8) is 0 Å². The van der Waals surface area contributed by atoms with E-state index in [1.54, 1.807) is 17.8 Å². The second-order valence-electron chi connectivity index (χ2n) is 4.05. The lowest BCUT2D eigenvalue weighted by Crippen LogP contribution is -2.22. The van der Waals surface area contributed by atoms with Gasteiger partial charge in [0.15, 0.2) is 0 Å². The molecule has 2 aromatic heterocycles. The van der Waals surface area contributed by atoms with Crippen LogP contribution in [0.1, 0.15) is 23.0 Å². The van der Waals surface area contributed by atoms with E-state index in [1.165, 1.54) is 11.5 Å². The number of hydrogen-bond donors (Lipinski definition) is 2. The van der Waals surface area contributed by atoms with Crippen LogP contribution in [0, 0.1) is 6.92 Å². The van der Waals surface area contributed by atoms with Gasteiger partial charge < -0.3 is 10.4 Å². The van der Waals surface area contributed by atoms with E-state index in [1.807, 2.05) is 19.2 Å². The van der Waals surface area contributed by atoms with Crippen LogP contribution in [0.2, 0.25) is 0 Å². The van der Waals surface area contributed by atoms with Crippen LogP contribution in [0.15, 0.2) is 18.5 Å². The number of carboxylic acids is 1. The summed E-state index contributed by atoms with van der Waals surface area (Å²) < 4.78 is 5.86. The number of carbonyl (C=O) groups is 1. The molecule has 2 heterocycles. The summed E-state index contributed by atoms with van der Waals surface area (Å²) in [6.45, 7) is 4.34. The molecule has 7 heteroatoms. The van der Waals surface area contributed by atoms with Crippen LogP contribution in [0.5, 0.6) is 0 Å². The molecule has 2 rings (SSSR count). The van der Waals surface area contributed by atoms with Gasteiger partial charge in [0.1, 0.15) is 10.6 Å². The lowest BCUT2D eigenvalue weighted by atomic mass is 10.2. The number of hydrogen-bond acceptors (Lipinski definition) is 5. The summed E-state index contributed by atoms with van der Waals surface area (Å²) in [6, 6.07) is 1.93. The maximum atomic E-state index is 11.1. The van der Waals surface area contributed by atoms with Crippen LogP contribution in [0.4, 0.5) is 5.00 Å². The highest BCUT2D eigenvalue weighted by Crippen LogP contribution is 2.25. The molecular formula is C11H14N4O2S. The molecule has 2 aromatic rings. The predicted octanol–water partition coefficient (Wildman–Crippen LogP) is 1.85. The molecule has 0 aliphatic carbocycles. The molecule has 0 saturated heterocycles. The molecule has 0 aliphatic heterocycles. The smallest absolute Gasteiger partial charge is 0.340 e. The molecule has 18 heavy (non-hydrogen) atoms. The maximum absolute atomic E-state index is 11.1. The topological polar surface area (TPSA) is 80.0 Å². The standard InChI is InChI=1S/C11H14N4O2S/c1-7(6-15-5-3-4-12-15)13-10-9(11(16)17)8(2)14-18-10/h3-5,7,13H,6H2,1-2H3,(H,16,17). The molecule has 0 fully saturated rings. The Morgan fingerprint density at radius 1 is 1.67 bits per heavy atom. The van der Waals surface area contributed by atoms with Crippen molar-refractivity contribution in [3.05, 3.63) is 29.7 Å². The summed E-state index contributed by atoms with van der Waals surface area (Å²) >= 11 is 1.17. The highest BCUT2D eigenvalue weighted by Gasteiger charge is 2.18. The molecule has 0 amide bonds. The minimum atomic E-state index is -0.949. The molecule has 96 valence electrons. The zero-order valence-corrected chi connectivity index (χ0v) is 10.9. The van der Waals surface area contributed by atoms with Gasteiger partial charge >= 0.3 is 5.97 Å². The van der Waals surface area contributed by atoms with Gasteiger partial charge in [0, 0.05) is 18.4 Å². The fraction of sp³-hybridized carbons (Fsp3) is 0.364. The van der Waals surface area contributed by atoms with Gasteiger partial charge in [0.2, 0.25) is 0 Å². The molecule has 0 spiro atoms. The Morgan fingerprint density at radius 2 is 2.44 bits per heavy atom. The molecule has 0 aliphatic rings. The van der Waals surface area contributed by atoms with Crippen LogP contribution in [-0.4, -0.2) is 31.3 Å². The average Bonchev–Trinajstić information content (AvgIpc) is 2.88. The molecular weight excluding hydrogens is 252 g/mol. The van der Waals surface area contributed by atoms with E-state index in [0.29, 0.717) is 17.2 Å². The molecule has 0 aromatic carbocycles. The van der Waals surface area contributed by atoms with E-state index in [9.17, 15) is 4.79 Å². The number of aryl methyl sites for hydroxylation is 1. The van der Waals surface area contributed by atoms with Crippen molar-refractivity contribution in [2.45, 2.75) is 26.4 Å². The number of carboxylic acid groups (broad SMARTS) is 1. The first-order chi connectivity index (χ1) is 8.58. The fourth-order valence-electron chi connectivity index (χ4n) is 1.68. The molecule has 0 saturated carbocycles. The largest absolute Gasteiger partial charge is 0.478 e. The lowest BCUT2D eigenvalue weighted by Gasteiger charge is -2.14. The third-order valence-electron chi connectivity index (χ3n) is 2.47. The van der Waals surface area contributed by atoms with Gasteiger partial charge in [-0.25, -0.2) is 4.79 Å². The van der Waals surface area contributed by atoms with Crippen LogP contribution < -0.4 is 5.32 Å². The van der Waals surface area contributed by atoms with Crippen molar-refractivity contribution >= 4 is 22.5 Å². The van der Waals surface area contributed by atoms with Crippen molar-refractivity contribution < 1.29 is 9.90 Å². The summed E-state index contributed by atoms with van der Waals surface area (Å²) in [6.07, 6.45) is 3.58. The van der Waals surface area contributed by atoms with E-state index in [4.69, 9.17) is 5.11 Å². The predicted molar refractivity (Wildman–Crippen MR) is 69.1 cm³/mol. The molecule has 0 bridgehead atoms. The first kappa shape index (κ1) is 12.6. The van der Waals surface area contributed by atoms with Crippen LogP contribution in [0.25, 0.3) is 0 Å². The Balaban J connectivity index is 2.07. The molecule has 6 nitrogen and oxygen atoms in total. The van der Waals surface area contributed by atoms with E-state index < -0.39 is 5.97 Å². The number of rotatable bonds is 5. The Morgan fingerprint density at radius 3 is 3.06 bits per heavy atom. The van der Waals surface area contributed by atoms with Gasteiger partial charge in [-0.15, -0.1) is 0 Å². The maximum Gasteiger partial charge on any atom is 0.340 e. The van der Waals surface area contributed by atoms with Gasteiger partial charge in [-0.1, -0.05) is 0 Å². The Labute approximate surface area is 108 Å². The lowest BCUT2D eigenvalue weighted by molar-refractivity contribution is 0.0697. The minimum Gasteiger partial charge on any atom is -0.478 e. The van der Waals surface area contributed by atoms with E-state index in [2.05, 4.69) is 14.8 Å². The molecule has 1 atom stereocenters. The van der Waals surface area contributed by atoms with Crippen LogP contribution >= 0.6 is 11.5 Å².